The van der Waals surface area contributed by atoms with Crippen LogP contribution in [0.3, 0.4) is 0 Å². The van der Waals surface area contributed by atoms with Crippen molar-refractivity contribution in [3.05, 3.63) is 110 Å². The number of hydrazine groups is 1. The molecule has 0 aliphatic carbocycles. The summed E-state index contributed by atoms with van der Waals surface area (Å²) in [6.45, 7) is -0.700. The zero-order valence-electron chi connectivity index (χ0n) is 16.8. The summed E-state index contributed by atoms with van der Waals surface area (Å²) in [7, 11) is 0. The van der Waals surface area contributed by atoms with Crippen LogP contribution < -0.4 is 0 Å². The number of hydrogen-bond donors (Lipinski definition) is 0. The van der Waals surface area contributed by atoms with Crippen molar-refractivity contribution >= 4 is 40.8 Å². The van der Waals surface area contributed by atoms with Gasteiger partial charge in [-0.2, -0.15) is 5.01 Å². The van der Waals surface area contributed by atoms with E-state index in [1.807, 2.05) is 0 Å². The molecule has 0 spiro atoms. The van der Waals surface area contributed by atoms with Crippen LogP contribution in [-0.4, -0.2) is 45.0 Å². The number of nitrogens with zero attached hydrogens (tertiary/aromatic N) is 3. The maximum atomic E-state index is 13.3. The topological polar surface area (TPSA) is 118 Å². The zero-order valence-corrected chi connectivity index (χ0v) is 17.6. The summed E-state index contributed by atoms with van der Waals surface area (Å²) in [6, 6.07) is 16.7. The van der Waals surface area contributed by atoms with Crippen LogP contribution in [0.5, 0.6) is 0 Å². The molecule has 9 nitrogen and oxygen atoms in total. The van der Waals surface area contributed by atoms with Crippen LogP contribution >= 0.6 is 11.6 Å². The minimum absolute atomic E-state index is 0.0466. The molecule has 3 amide bonds. The Morgan fingerprint density at radius 1 is 0.879 bits per heavy atom. The number of benzene rings is 3. The molecule has 164 valence electrons. The first-order valence-corrected chi connectivity index (χ1v) is 9.98. The smallest absolute Gasteiger partial charge is 0.280 e. The zero-order chi connectivity index (χ0) is 23.7. The summed E-state index contributed by atoms with van der Waals surface area (Å²) in [5, 5.41) is 12.8. The van der Waals surface area contributed by atoms with Crippen molar-refractivity contribution in [2.75, 3.05) is 6.54 Å². The third-order valence-corrected chi connectivity index (χ3v) is 5.26. The number of Topliss-reactive ketones (excluding diaryl/α,β-unsaturated/α-hetero) is 1. The lowest BCUT2D eigenvalue weighted by molar-refractivity contribution is -0.384. The number of ketones is 1. The van der Waals surface area contributed by atoms with Crippen molar-refractivity contribution in [1.29, 1.82) is 0 Å². The van der Waals surface area contributed by atoms with Gasteiger partial charge in [-0.3, -0.25) is 29.3 Å². The highest BCUT2D eigenvalue weighted by atomic mass is 35.5. The molecule has 0 saturated heterocycles. The maximum absolute atomic E-state index is 13.3. The summed E-state index contributed by atoms with van der Waals surface area (Å²) in [6.07, 6.45) is 0. The van der Waals surface area contributed by atoms with E-state index in [2.05, 4.69) is 0 Å². The van der Waals surface area contributed by atoms with Crippen LogP contribution in [0, 0.1) is 10.1 Å². The second-order valence-electron chi connectivity index (χ2n) is 7.07. The highest BCUT2D eigenvalue weighted by Crippen LogP contribution is 2.26. The Morgan fingerprint density at radius 2 is 1.48 bits per heavy atom. The molecule has 0 aromatic heterocycles. The minimum atomic E-state index is -0.792. The summed E-state index contributed by atoms with van der Waals surface area (Å²) >= 11 is 5.88. The molecule has 4 rings (SSSR count). The van der Waals surface area contributed by atoms with E-state index < -0.39 is 35.0 Å². The van der Waals surface area contributed by atoms with Crippen LogP contribution in [0.15, 0.2) is 72.8 Å². The Kier molecular flexibility index (Phi) is 5.72. The summed E-state index contributed by atoms with van der Waals surface area (Å²) in [5.74, 6) is -3.01. The van der Waals surface area contributed by atoms with Crippen molar-refractivity contribution in [2.24, 2.45) is 0 Å². The van der Waals surface area contributed by atoms with Gasteiger partial charge in [0.1, 0.15) is 6.54 Å². The van der Waals surface area contributed by atoms with Crippen LogP contribution in [0.2, 0.25) is 5.02 Å². The second kappa shape index (κ2) is 8.64. The Hall–Kier alpha value is -4.37. The third kappa shape index (κ3) is 4.09. The lowest BCUT2D eigenvalue weighted by Gasteiger charge is -2.29. The van der Waals surface area contributed by atoms with E-state index >= 15 is 0 Å². The quantitative estimate of drug-likeness (QED) is 0.237. The van der Waals surface area contributed by atoms with Gasteiger partial charge in [-0.1, -0.05) is 35.9 Å². The third-order valence-electron chi connectivity index (χ3n) is 5.01. The van der Waals surface area contributed by atoms with Gasteiger partial charge in [-0.15, -0.1) is 0 Å². The lowest BCUT2D eigenvalue weighted by atomic mass is 10.1. The normalized spacial score (nSPS) is 12.5. The first kappa shape index (κ1) is 21.8. The van der Waals surface area contributed by atoms with Crippen molar-refractivity contribution in [1.82, 2.24) is 10.0 Å². The second-order valence-corrected chi connectivity index (χ2v) is 7.50. The molecule has 0 bridgehead atoms. The molecule has 0 atom stereocenters. The Bertz CT molecular complexity index is 1290. The number of non-ortho nitro benzene ring substituents is 1. The maximum Gasteiger partial charge on any atom is 0.280 e. The standard InChI is InChI=1S/C23H14ClN3O6/c24-16-10-8-14(9-11-16)21(29)25(13-20(28)15-4-3-5-17(12-15)27(32)33)26-22(30)18-6-1-2-7-19(18)23(26)31/h1-12H,13H2. The van der Waals surface area contributed by atoms with Gasteiger partial charge in [-0.05, 0) is 36.4 Å². The van der Waals surface area contributed by atoms with Crippen molar-refractivity contribution < 1.29 is 24.1 Å². The summed E-state index contributed by atoms with van der Waals surface area (Å²) in [4.78, 5) is 62.7. The van der Waals surface area contributed by atoms with E-state index in [9.17, 15) is 29.3 Å². The average Bonchev–Trinajstić information content (AvgIpc) is 3.07. The Balaban J connectivity index is 1.73. The highest BCUT2D eigenvalue weighted by Gasteiger charge is 2.42. The van der Waals surface area contributed by atoms with Crippen LogP contribution in [0.1, 0.15) is 41.4 Å². The molecule has 0 fully saturated rings. The Labute approximate surface area is 191 Å². The van der Waals surface area contributed by atoms with Gasteiger partial charge in [-0.25, -0.2) is 5.01 Å². The van der Waals surface area contributed by atoms with Crippen molar-refractivity contribution in [3.8, 4) is 0 Å². The SMILES string of the molecule is O=C(CN(C(=O)c1ccc(Cl)cc1)N1C(=O)c2ccccc2C1=O)c1cccc([N+](=O)[O-])c1. The number of carbonyl (C=O) groups is 4. The number of carbonyl (C=O) groups excluding carboxylic acids is 4. The highest BCUT2D eigenvalue weighted by molar-refractivity contribution is 6.30. The van der Waals surface area contributed by atoms with Gasteiger partial charge < -0.3 is 0 Å². The number of imide groups is 1. The van der Waals surface area contributed by atoms with E-state index in [1.165, 1.54) is 54.6 Å². The first-order chi connectivity index (χ1) is 15.8. The molecule has 33 heavy (non-hydrogen) atoms. The van der Waals surface area contributed by atoms with Gasteiger partial charge in [0.15, 0.2) is 5.78 Å². The fraction of sp³-hybridized carbons (Fsp3) is 0.0435. The molecule has 1 heterocycles. The van der Waals surface area contributed by atoms with Gasteiger partial charge in [0, 0.05) is 28.3 Å². The predicted molar refractivity (Wildman–Crippen MR) is 117 cm³/mol. The molecule has 0 N–H and O–H groups in total. The van der Waals surface area contributed by atoms with Gasteiger partial charge in [0.25, 0.3) is 23.4 Å². The first-order valence-electron chi connectivity index (χ1n) is 9.60. The summed E-state index contributed by atoms with van der Waals surface area (Å²) < 4.78 is 0. The van der Waals surface area contributed by atoms with Crippen LogP contribution in [-0.2, 0) is 0 Å². The number of nitro benzene ring substituents is 1. The minimum Gasteiger partial charge on any atom is -0.292 e. The molecular weight excluding hydrogens is 450 g/mol. The molecule has 0 unspecified atom stereocenters. The van der Waals surface area contributed by atoms with E-state index in [0.717, 1.165) is 11.1 Å². The fourth-order valence-corrected chi connectivity index (χ4v) is 3.52. The van der Waals surface area contributed by atoms with Crippen molar-refractivity contribution in [2.45, 2.75) is 0 Å². The largest absolute Gasteiger partial charge is 0.292 e. The number of fused-ring (bicyclic) bond motifs is 1. The van der Waals surface area contributed by atoms with Gasteiger partial charge in [0.2, 0.25) is 0 Å². The monoisotopic (exact) mass is 463 g/mol. The van der Waals surface area contributed by atoms with E-state index in [4.69, 9.17) is 11.6 Å². The van der Waals surface area contributed by atoms with Crippen LogP contribution in [0.4, 0.5) is 5.69 Å². The number of nitro groups is 1. The lowest BCUT2D eigenvalue weighted by Crippen LogP contribution is -2.51. The number of rotatable bonds is 6. The van der Waals surface area contributed by atoms with E-state index in [0.29, 0.717) is 10.0 Å². The molecular formula is C23H14ClN3O6. The molecule has 3 aromatic carbocycles. The van der Waals surface area contributed by atoms with Crippen molar-refractivity contribution in [3.63, 3.8) is 0 Å². The predicted octanol–water partition coefficient (Wildman–Crippen LogP) is 3.78. The van der Waals surface area contributed by atoms with Gasteiger partial charge in [0.05, 0.1) is 16.1 Å². The average molecular weight is 464 g/mol. The number of halogens is 1. The number of hydrogen-bond acceptors (Lipinski definition) is 6. The molecule has 0 radical (unpaired) electrons. The molecule has 3 aromatic rings. The molecule has 10 heteroatoms. The molecule has 1 aliphatic heterocycles. The molecule has 1 aliphatic rings. The van der Waals surface area contributed by atoms with E-state index in [1.54, 1.807) is 12.1 Å². The van der Waals surface area contributed by atoms with Gasteiger partial charge >= 0.3 is 0 Å². The fourth-order valence-electron chi connectivity index (χ4n) is 3.39. The Morgan fingerprint density at radius 3 is 2.06 bits per heavy atom. The van der Waals surface area contributed by atoms with Crippen LogP contribution in [0.25, 0.3) is 0 Å². The van der Waals surface area contributed by atoms with E-state index in [-0.39, 0.29) is 27.9 Å². The molecule has 0 saturated carbocycles. The summed E-state index contributed by atoms with van der Waals surface area (Å²) in [5.41, 5.74) is -0.0759. The number of amides is 3.